The number of aliphatic hydroxyl groups excluding tert-OH is 1. The molecule has 2 rings (SSSR count). The van der Waals surface area contributed by atoms with Gasteiger partial charge in [0.25, 0.3) is 0 Å². The summed E-state index contributed by atoms with van der Waals surface area (Å²) >= 11 is 0. The van der Waals surface area contributed by atoms with Gasteiger partial charge >= 0.3 is 0 Å². The molecule has 0 spiro atoms. The molecule has 1 aliphatic carbocycles. The van der Waals surface area contributed by atoms with Crippen molar-refractivity contribution in [3.05, 3.63) is 0 Å². The van der Waals surface area contributed by atoms with Crippen LogP contribution in [0.4, 0.5) is 0 Å². The van der Waals surface area contributed by atoms with Crippen molar-refractivity contribution in [1.82, 2.24) is 9.80 Å². The molecule has 0 aromatic carbocycles. The monoisotopic (exact) mass is 212 g/mol. The first-order valence-corrected chi connectivity index (χ1v) is 6.33. The number of rotatable bonds is 5. The van der Waals surface area contributed by atoms with Gasteiger partial charge in [0.05, 0.1) is 6.61 Å². The molecule has 0 radical (unpaired) electrons. The van der Waals surface area contributed by atoms with Crippen LogP contribution in [-0.2, 0) is 0 Å². The van der Waals surface area contributed by atoms with Gasteiger partial charge in [-0.25, -0.2) is 0 Å². The molecule has 3 heteroatoms. The van der Waals surface area contributed by atoms with Crippen molar-refractivity contribution in [3.63, 3.8) is 0 Å². The van der Waals surface area contributed by atoms with Gasteiger partial charge in [-0.1, -0.05) is 0 Å². The highest BCUT2D eigenvalue weighted by atomic mass is 16.3. The second kappa shape index (κ2) is 5.28. The molecular formula is C12H24N2O. The molecule has 1 saturated heterocycles. The Labute approximate surface area is 93.1 Å². The van der Waals surface area contributed by atoms with Crippen LogP contribution in [0.2, 0.25) is 0 Å². The fourth-order valence-electron chi connectivity index (χ4n) is 2.74. The van der Waals surface area contributed by atoms with Gasteiger partial charge in [-0.3, -0.25) is 4.90 Å². The zero-order chi connectivity index (χ0) is 10.7. The number of nitrogens with zero attached hydrogens (tertiary/aromatic N) is 2. The van der Waals surface area contributed by atoms with E-state index in [9.17, 15) is 0 Å². The van der Waals surface area contributed by atoms with Gasteiger partial charge in [-0.05, 0) is 45.2 Å². The first kappa shape index (κ1) is 11.4. The van der Waals surface area contributed by atoms with Gasteiger partial charge in [0.1, 0.15) is 0 Å². The second-order valence-corrected chi connectivity index (χ2v) is 5.22. The molecular weight excluding hydrogens is 188 g/mol. The molecule has 2 aliphatic rings. The van der Waals surface area contributed by atoms with Crippen molar-refractivity contribution in [2.24, 2.45) is 5.92 Å². The van der Waals surface area contributed by atoms with Crippen LogP contribution in [0.3, 0.4) is 0 Å². The molecule has 88 valence electrons. The van der Waals surface area contributed by atoms with Gasteiger partial charge in [-0.2, -0.15) is 0 Å². The van der Waals surface area contributed by atoms with E-state index in [2.05, 4.69) is 16.8 Å². The zero-order valence-corrected chi connectivity index (χ0v) is 9.86. The van der Waals surface area contributed by atoms with E-state index in [4.69, 9.17) is 5.11 Å². The average molecular weight is 212 g/mol. The van der Waals surface area contributed by atoms with Crippen LogP contribution in [0.25, 0.3) is 0 Å². The number of hydrogen-bond acceptors (Lipinski definition) is 3. The molecule has 1 N–H and O–H groups in total. The predicted molar refractivity (Wildman–Crippen MR) is 61.9 cm³/mol. The quantitative estimate of drug-likeness (QED) is 0.730. The van der Waals surface area contributed by atoms with E-state index in [1.165, 1.54) is 45.3 Å². The lowest BCUT2D eigenvalue weighted by molar-refractivity contribution is 0.128. The van der Waals surface area contributed by atoms with Crippen molar-refractivity contribution in [3.8, 4) is 0 Å². The first-order valence-electron chi connectivity index (χ1n) is 6.33. The lowest BCUT2D eigenvalue weighted by atomic mass is 9.98. The highest BCUT2D eigenvalue weighted by molar-refractivity contribution is 4.86. The van der Waals surface area contributed by atoms with E-state index >= 15 is 0 Å². The summed E-state index contributed by atoms with van der Waals surface area (Å²) in [5.74, 6) is 0.830. The van der Waals surface area contributed by atoms with Crippen LogP contribution in [0, 0.1) is 5.92 Å². The molecule has 0 amide bonds. The van der Waals surface area contributed by atoms with Crippen molar-refractivity contribution in [1.29, 1.82) is 0 Å². The third kappa shape index (κ3) is 3.44. The van der Waals surface area contributed by atoms with Crippen molar-refractivity contribution in [2.75, 3.05) is 39.8 Å². The van der Waals surface area contributed by atoms with E-state index < -0.39 is 0 Å². The van der Waals surface area contributed by atoms with Gasteiger partial charge in [0.15, 0.2) is 0 Å². The number of likely N-dealkylation sites (tertiary alicyclic amines) is 1. The highest BCUT2D eigenvalue weighted by Gasteiger charge is 2.30. The van der Waals surface area contributed by atoms with Gasteiger partial charge in [0, 0.05) is 25.7 Å². The molecule has 1 aliphatic heterocycles. The minimum atomic E-state index is 0.319. The smallest absolute Gasteiger partial charge is 0.0558 e. The van der Waals surface area contributed by atoms with E-state index in [0.29, 0.717) is 6.61 Å². The summed E-state index contributed by atoms with van der Waals surface area (Å²) in [5, 5.41) is 9.04. The van der Waals surface area contributed by atoms with Crippen LogP contribution in [0.5, 0.6) is 0 Å². The molecule has 0 aromatic rings. The Morgan fingerprint density at radius 2 is 2.13 bits per heavy atom. The average Bonchev–Trinajstić information content (AvgIpc) is 3.00. The van der Waals surface area contributed by atoms with E-state index in [-0.39, 0.29) is 0 Å². The van der Waals surface area contributed by atoms with Gasteiger partial charge < -0.3 is 10.0 Å². The molecule has 1 atom stereocenters. The minimum Gasteiger partial charge on any atom is -0.395 e. The second-order valence-electron chi connectivity index (χ2n) is 5.22. The summed E-state index contributed by atoms with van der Waals surface area (Å²) in [6.45, 7) is 4.91. The molecule has 2 fully saturated rings. The summed E-state index contributed by atoms with van der Waals surface area (Å²) in [7, 11) is 2.22. The third-order valence-electron chi connectivity index (χ3n) is 3.67. The normalized spacial score (nSPS) is 28.6. The van der Waals surface area contributed by atoms with Crippen LogP contribution >= 0.6 is 0 Å². The van der Waals surface area contributed by atoms with E-state index in [1.807, 2.05) is 0 Å². The standard InChI is InChI=1S/C12H24N2O/c1-13-6-2-3-11(9-13)10-14(7-8-15)12-4-5-12/h11-12,15H,2-10H2,1H3/t11-/m1/s1. The fourth-order valence-corrected chi connectivity index (χ4v) is 2.74. The Bertz CT molecular complexity index is 194. The number of piperidine rings is 1. The van der Waals surface area contributed by atoms with E-state index in [1.54, 1.807) is 0 Å². The van der Waals surface area contributed by atoms with Crippen LogP contribution < -0.4 is 0 Å². The molecule has 3 nitrogen and oxygen atoms in total. The lowest BCUT2D eigenvalue weighted by Gasteiger charge is -2.33. The van der Waals surface area contributed by atoms with Gasteiger partial charge in [-0.15, -0.1) is 0 Å². The topological polar surface area (TPSA) is 26.7 Å². The Balaban J connectivity index is 1.77. The van der Waals surface area contributed by atoms with Crippen molar-refractivity contribution in [2.45, 2.75) is 31.7 Å². The Hall–Kier alpha value is -0.120. The van der Waals surface area contributed by atoms with Crippen LogP contribution in [-0.4, -0.2) is 60.8 Å². The summed E-state index contributed by atoms with van der Waals surface area (Å²) in [5.41, 5.74) is 0. The number of aliphatic hydroxyl groups is 1. The van der Waals surface area contributed by atoms with Crippen LogP contribution in [0.1, 0.15) is 25.7 Å². The first-order chi connectivity index (χ1) is 7.29. The molecule has 0 aromatic heterocycles. The van der Waals surface area contributed by atoms with Crippen molar-refractivity contribution < 1.29 is 5.11 Å². The highest BCUT2D eigenvalue weighted by Crippen LogP contribution is 2.28. The lowest BCUT2D eigenvalue weighted by Crippen LogP contribution is -2.41. The summed E-state index contributed by atoms with van der Waals surface area (Å²) < 4.78 is 0. The van der Waals surface area contributed by atoms with Gasteiger partial charge in [0.2, 0.25) is 0 Å². The maximum absolute atomic E-state index is 9.04. The largest absolute Gasteiger partial charge is 0.395 e. The predicted octanol–water partition coefficient (Wildman–Crippen LogP) is 0.785. The SMILES string of the molecule is CN1CCC[C@@H](CN(CCO)C2CC2)C1. The molecule has 1 saturated carbocycles. The maximum atomic E-state index is 9.04. The Morgan fingerprint density at radius 3 is 2.73 bits per heavy atom. The third-order valence-corrected chi connectivity index (χ3v) is 3.67. The fraction of sp³-hybridized carbons (Fsp3) is 1.00. The molecule has 15 heavy (non-hydrogen) atoms. The van der Waals surface area contributed by atoms with E-state index in [0.717, 1.165) is 18.5 Å². The number of hydrogen-bond donors (Lipinski definition) is 1. The minimum absolute atomic E-state index is 0.319. The van der Waals surface area contributed by atoms with Crippen molar-refractivity contribution >= 4 is 0 Å². The zero-order valence-electron chi connectivity index (χ0n) is 9.86. The Kier molecular flexibility index (Phi) is 4.00. The molecule has 1 heterocycles. The summed E-state index contributed by atoms with van der Waals surface area (Å²) in [4.78, 5) is 4.95. The molecule has 0 unspecified atom stereocenters. The Morgan fingerprint density at radius 1 is 1.33 bits per heavy atom. The summed E-state index contributed by atoms with van der Waals surface area (Å²) in [6, 6.07) is 0.796. The summed E-state index contributed by atoms with van der Waals surface area (Å²) in [6.07, 6.45) is 5.42. The van der Waals surface area contributed by atoms with Crippen LogP contribution in [0.15, 0.2) is 0 Å². The molecule has 0 bridgehead atoms. The maximum Gasteiger partial charge on any atom is 0.0558 e.